The largest absolute Gasteiger partial charge is 0.373 e. The van der Waals surface area contributed by atoms with E-state index in [1.54, 1.807) is 0 Å². The summed E-state index contributed by atoms with van der Waals surface area (Å²) in [5.74, 6) is 0.0235. The van der Waals surface area contributed by atoms with Gasteiger partial charge in [-0.3, -0.25) is 9.69 Å². The van der Waals surface area contributed by atoms with Crippen LogP contribution in [0.15, 0.2) is 30.3 Å². The van der Waals surface area contributed by atoms with Crippen molar-refractivity contribution in [3.63, 3.8) is 0 Å². The normalized spacial score (nSPS) is 26.1. The number of benzene rings is 1. The molecule has 0 saturated carbocycles. The van der Waals surface area contributed by atoms with Crippen molar-refractivity contribution < 1.29 is 14.3 Å². The summed E-state index contributed by atoms with van der Waals surface area (Å²) in [7, 11) is 0. The second-order valence-electron chi connectivity index (χ2n) is 7.01. The maximum atomic E-state index is 12.5. The summed E-state index contributed by atoms with van der Waals surface area (Å²) in [6.07, 6.45) is 3.57. The number of carbonyl (C=O) groups excluding carboxylic acids is 1. The lowest BCUT2D eigenvalue weighted by Crippen LogP contribution is -2.55. The van der Waals surface area contributed by atoms with Crippen LogP contribution in [0.2, 0.25) is 0 Å². The highest BCUT2D eigenvalue weighted by Gasteiger charge is 2.31. The number of carbonyl (C=O) groups is 1. The van der Waals surface area contributed by atoms with E-state index in [9.17, 15) is 4.79 Å². The zero-order valence-electron chi connectivity index (χ0n) is 15.2. The van der Waals surface area contributed by atoms with E-state index in [1.807, 2.05) is 6.07 Å². The van der Waals surface area contributed by atoms with E-state index in [2.05, 4.69) is 41.4 Å². The first kappa shape index (κ1) is 18.4. The average molecular weight is 346 g/mol. The lowest BCUT2D eigenvalue weighted by atomic mass is 10.0. The number of hydrogen-bond acceptors (Lipinski definition) is 4. The molecular formula is C20H30N2O3. The van der Waals surface area contributed by atoms with Crippen molar-refractivity contribution in [1.29, 1.82) is 0 Å². The molecule has 3 unspecified atom stereocenters. The Balaban J connectivity index is 1.53. The summed E-state index contributed by atoms with van der Waals surface area (Å²) in [5.41, 5.74) is 1.32. The van der Waals surface area contributed by atoms with Crippen molar-refractivity contribution in [2.45, 2.75) is 57.4 Å². The molecule has 5 heteroatoms. The van der Waals surface area contributed by atoms with Gasteiger partial charge in [-0.15, -0.1) is 0 Å². The third kappa shape index (κ3) is 5.27. The maximum Gasteiger partial charge on any atom is 0.249 e. The van der Waals surface area contributed by atoms with Crippen molar-refractivity contribution in [3.8, 4) is 0 Å². The zero-order valence-corrected chi connectivity index (χ0v) is 15.2. The monoisotopic (exact) mass is 346 g/mol. The van der Waals surface area contributed by atoms with E-state index < -0.39 is 0 Å². The second kappa shape index (κ2) is 9.32. The summed E-state index contributed by atoms with van der Waals surface area (Å²) in [4.78, 5) is 14.9. The first-order valence-corrected chi connectivity index (χ1v) is 9.56. The fourth-order valence-electron chi connectivity index (χ4n) is 3.64. The number of ether oxygens (including phenoxy) is 2. The van der Waals surface area contributed by atoms with Crippen LogP contribution in [0, 0.1) is 0 Å². The lowest BCUT2D eigenvalue weighted by Gasteiger charge is -2.37. The molecule has 1 aromatic carbocycles. The topological polar surface area (TPSA) is 50.8 Å². The molecule has 0 bridgehead atoms. The van der Waals surface area contributed by atoms with Gasteiger partial charge in [-0.1, -0.05) is 37.3 Å². The smallest absolute Gasteiger partial charge is 0.249 e. The summed E-state index contributed by atoms with van der Waals surface area (Å²) in [6, 6.07) is 10.5. The molecule has 2 saturated heterocycles. The summed E-state index contributed by atoms with van der Waals surface area (Å²) >= 11 is 0. The summed E-state index contributed by atoms with van der Waals surface area (Å²) in [6.45, 7) is 6.22. The Labute approximate surface area is 150 Å². The third-order valence-electron chi connectivity index (χ3n) is 5.11. The first-order chi connectivity index (χ1) is 12.3. The molecule has 25 heavy (non-hydrogen) atoms. The quantitative estimate of drug-likeness (QED) is 0.859. The van der Waals surface area contributed by atoms with Gasteiger partial charge in [0.15, 0.2) is 0 Å². The van der Waals surface area contributed by atoms with Crippen LogP contribution in [0.3, 0.4) is 0 Å². The molecule has 0 spiro atoms. The van der Waals surface area contributed by atoms with Crippen LogP contribution in [0.4, 0.5) is 0 Å². The highest BCUT2D eigenvalue weighted by atomic mass is 16.5. The molecule has 1 aromatic rings. The van der Waals surface area contributed by atoms with Crippen molar-refractivity contribution in [2.24, 2.45) is 0 Å². The number of amides is 1. The molecular weight excluding hydrogens is 316 g/mol. The number of hydrogen-bond donors (Lipinski definition) is 1. The van der Waals surface area contributed by atoms with Crippen LogP contribution >= 0.6 is 0 Å². The van der Waals surface area contributed by atoms with Crippen LogP contribution in [0.5, 0.6) is 0 Å². The van der Waals surface area contributed by atoms with E-state index in [-0.39, 0.29) is 24.2 Å². The molecule has 2 fully saturated rings. The minimum absolute atomic E-state index is 0.0235. The number of rotatable bonds is 6. The molecule has 2 aliphatic rings. The van der Waals surface area contributed by atoms with Gasteiger partial charge in [0.25, 0.3) is 0 Å². The average Bonchev–Trinajstić information content (AvgIpc) is 2.67. The number of nitrogens with one attached hydrogen (secondary N) is 1. The SMILES string of the molecule is CCC(NC(=O)C1CCCCO1)C1CN(Cc2ccccc2)CCO1. The van der Waals surface area contributed by atoms with E-state index in [1.165, 1.54) is 5.56 Å². The summed E-state index contributed by atoms with van der Waals surface area (Å²) in [5, 5.41) is 3.17. The van der Waals surface area contributed by atoms with Crippen LogP contribution in [0.1, 0.15) is 38.2 Å². The Hall–Kier alpha value is -1.43. The van der Waals surface area contributed by atoms with E-state index in [0.717, 1.165) is 45.3 Å². The van der Waals surface area contributed by atoms with Gasteiger partial charge in [0.1, 0.15) is 6.10 Å². The molecule has 2 heterocycles. The zero-order chi connectivity index (χ0) is 17.5. The molecule has 2 aliphatic heterocycles. The van der Waals surface area contributed by atoms with Gasteiger partial charge in [0.05, 0.1) is 18.8 Å². The minimum Gasteiger partial charge on any atom is -0.373 e. The van der Waals surface area contributed by atoms with Crippen molar-refractivity contribution in [2.75, 3.05) is 26.3 Å². The third-order valence-corrected chi connectivity index (χ3v) is 5.11. The molecule has 5 nitrogen and oxygen atoms in total. The highest BCUT2D eigenvalue weighted by molar-refractivity contribution is 5.81. The van der Waals surface area contributed by atoms with Crippen LogP contribution in [0.25, 0.3) is 0 Å². The van der Waals surface area contributed by atoms with Crippen molar-refractivity contribution in [1.82, 2.24) is 10.2 Å². The van der Waals surface area contributed by atoms with Gasteiger partial charge in [0.2, 0.25) is 5.91 Å². The summed E-state index contributed by atoms with van der Waals surface area (Å²) < 4.78 is 11.6. The van der Waals surface area contributed by atoms with Crippen LogP contribution < -0.4 is 5.32 Å². The molecule has 3 atom stereocenters. The Kier molecular flexibility index (Phi) is 6.84. The van der Waals surface area contributed by atoms with E-state index >= 15 is 0 Å². The molecule has 1 N–H and O–H groups in total. The van der Waals surface area contributed by atoms with Gasteiger partial charge < -0.3 is 14.8 Å². The highest BCUT2D eigenvalue weighted by Crippen LogP contribution is 2.17. The van der Waals surface area contributed by atoms with Crippen molar-refractivity contribution >= 4 is 5.91 Å². The molecule has 0 radical (unpaired) electrons. The fraction of sp³-hybridized carbons (Fsp3) is 0.650. The molecule has 138 valence electrons. The second-order valence-corrected chi connectivity index (χ2v) is 7.01. The standard InChI is InChI=1S/C20H30N2O3/c1-2-17(21-20(23)18-10-6-7-12-24-18)19-15-22(11-13-25-19)14-16-8-4-3-5-9-16/h3-5,8-9,17-19H,2,6-7,10-15H2,1H3,(H,21,23). The molecule has 0 aliphatic carbocycles. The van der Waals surface area contributed by atoms with Gasteiger partial charge in [-0.05, 0) is 31.2 Å². The first-order valence-electron chi connectivity index (χ1n) is 9.56. The molecule has 0 aromatic heterocycles. The predicted molar refractivity (Wildman–Crippen MR) is 97.3 cm³/mol. The van der Waals surface area contributed by atoms with Gasteiger partial charge in [0, 0.05) is 26.2 Å². The van der Waals surface area contributed by atoms with Crippen LogP contribution in [-0.4, -0.2) is 55.4 Å². The van der Waals surface area contributed by atoms with Gasteiger partial charge in [-0.25, -0.2) is 0 Å². The van der Waals surface area contributed by atoms with E-state index in [4.69, 9.17) is 9.47 Å². The Bertz CT molecular complexity index is 531. The van der Waals surface area contributed by atoms with E-state index in [0.29, 0.717) is 13.2 Å². The molecule has 3 rings (SSSR count). The predicted octanol–water partition coefficient (Wildman–Crippen LogP) is 2.35. The number of nitrogens with zero attached hydrogens (tertiary/aromatic N) is 1. The van der Waals surface area contributed by atoms with Gasteiger partial charge >= 0.3 is 0 Å². The number of morpholine rings is 1. The maximum absolute atomic E-state index is 12.5. The molecule has 1 amide bonds. The van der Waals surface area contributed by atoms with Crippen LogP contribution in [-0.2, 0) is 20.8 Å². The van der Waals surface area contributed by atoms with Gasteiger partial charge in [-0.2, -0.15) is 0 Å². The van der Waals surface area contributed by atoms with Crippen molar-refractivity contribution in [3.05, 3.63) is 35.9 Å². The Morgan fingerprint density at radius 1 is 1.24 bits per heavy atom. The fourth-order valence-corrected chi connectivity index (χ4v) is 3.64. The minimum atomic E-state index is -0.285. The Morgan fingerprint density at radius 3 is 2.80 bits per heavy atom. The Morgan fingerprint density at radius 2 is 2.08 bits per heavy atom. The lowest BCUT2D eigenvalue weighted by molar-refractivity contribution is -0.138.